The van der Waals surface area contributed by atoms with Gasteiger partial charge in [-0.1, -0.05) is 20.8 Å². The molecule has 0 aliphatic carbocycles. The highest BCUT2D eigenvalue weighted by molar-refractivity contribution is 4.87. The van der Waals surface area contributed by atoms with Crippen LogP contribution in [0.15, 0.2) is 0 Å². The number of hydrogen-bond donors (Lipinski definition) is 2. The lowest BCUT2D eigenvalue weighted by atomic mass is 9.89. The zero-order valence-electron chi connectivity index (χ0n) is 11.1. The molecule has 0 aromatic rings. The molecule has 16 heavy (non-hydrogen) atoms. The minimum absolute atomic E-state index is 0.466. The molecular weight excluding hydrogens is 200 g/mol. The van der Waals surface area contributed by atoms with E-state index < -0.39 is 5.60 Å². The number of piperidine rings is 1. The zero-order chi connectivity index (χ0) is 12.2. The molecular formula is C13H28N2O. The Balaban J connectivity index is 2.57. The fraction of sp³-hybridized carbons (Fsp3) is 1.00. The van der Waals surface area contributed by atoms with Crippen LogP contribution in [0.2, 0.25) is 0 Å². The summed E-state index contributed by atoms with van der Waals surface area (Å²) in [4.78, 5) is 2.40. The molecule has 3 N–H and O–H groups in total. The van der Waals surface area contributed by atoms with Crippen LogP contribution in [-0.2, 0) is 0 Å². The van der Waals surface area contributed by atoms with E-state index in [9.17, 15) is 5.11 Å². The lowest BCUT2D eigenvalue weighted by Gasteiger charge is -2.42. The molecule has 0 spiro atoms. The van der Waals surface area contributed by atoms with Crippen LogP contribution in [0, 0.1) is 5.92 Å². The molecule has 0 saturated carbocycles. The van der Waals surface area contributed by atoms with E-state index in [1.165, 1.54) is 12.8 Å². The second-order valence-electron chi connectivity index (χ2n) is 5.42. The van der Waals surface area contributed by atoms with Gasteiger partial charge in [-0.15, -0.1) is 0 Å². The Morgan fingerprint density at radius 3 is 2.50 bits per heavy atom. The Bertz CT molecular complexity index is 204. The standard InChI is InChI=1S/C13H28N2O/c1-4-13(16,5-2)10-15-7-6-11(3)8-12(15)9-14/h11-12,16H,4-10,14H2,1-3H3. The first-order valence-corrected chi connectivity index (χ1v) is 6.71. The molecule has 3 heteroatoms. The van der Waals surface area contributed by atoms with Crippen LogP contribution in [0.1, 0.15) is 46.5 Å². The van der Waals surface area contributed by atoms with Crippen LogP contribution in [0.4, 0.5) is 0 Å². The van der Waals surface area contributed by atoms with Gasteiger partial charge in [0.1, 0.15) is 0 Å². The van der Waals surface area contributed by atoms with Crippen molar-refractivity contribution in [2.45, 2.75) is 58.1 Å². The van der Waals surface area contributed by atoms with Gasteiger partial charge in [0.05, 0.1) is 5.60 Å². The van der Waals surface area contributed by atoms with Crippen molar-refractivity contribution >= 4 is 0 Å². The summed E-state index contributed by atoms with van der Waals surface area (Å²) < 4.78 is 0. The van der Waals surface area contributed by atoms with E-state index >= 15 is 0 Å². The van der Waals surface area contributed by atoms with Crippen molar-refractivity contribution in [3.63, 3.8) is 0 Å². The summed E-state index contributed by atoms with van der Waals surface area (Å²) >= 11 is 0. The van der Waals surface area contributed by atoms with Gasteiger partial charge in [-0.2, -0.15) is 0 Å². The van der Waals surface area contributed by atoms with Crippen molar-refractivity contribution < 1.29 is 5.11 Å². The molecule has 0 radical (unpaired) electrons. The van der Waals surface area contributed by atoms with Crippen molar-refractivity contribution in [3.05, 3.63) is 0 Å². The second kappa shape index (κ2) is 5.99. The normalized spacial score (nSPS) is 28.3. The Kier molecular flexibility index (Phi) is 5.22. The minimum atomic E-state index is -0.520. The average molecular weight is 228 g/mol. The third-order valence-corrected chi connectivity index (χ3v) is 4.19. The molecule has 0 amide bonds. The number of rotatable bonds is 5. The fourth-order valence-electron chi connectivity index (χ4n) is 2.61. The summed E-state index contributed by atoms with van der Waals surface area (Å²) in [6.07, 6.45) is 4.07. The van der Waals surface area contributed by atoms with Gasteiger partial charge in [-0.25, -0.2) is 0 Å². The molecule has 96 valence electrons. The first-order valence-electron chi connectivity index (χ1n) is 6.71. The Labute approximate surface area is 100 Å². The van der Waals surface area contributed by atoms with Gasteiger partial charge < -0.3 is 10.8 Å². The van der Waals surface area contributed by atoms with Gasteiger partial charge in [-0.3, -0.25) is 4.90 Å². The molecule has 2 unspecified atom stereocenters. The highest BCUT2D eigenvalue weighted by Gasteiger charge is 2.31. The van der Waals surface area contributed by atoms with Gasteiger partial charge >= 0.3 is 0 Å². The topological polar surface area (TPSA) is 49.5 Å². The predicted molar refractivity (Wildman–Crippen MR) is 68.3 cm³/mol. The second-order valence-corrected chi connectivity index (χ2v) is 5.42. The molecule has 0 aromatic carbocycles. The summed E-state index contributed by atoms with van der Waals surface area (Å²) in [6.45, 7) is 9.01. The summed E-state index contributed by atoms with van der Waals surface area (Å²) in [6, 6.07) is 0.466. The quantitative estimate of drug-likeness (QED) is 0.751. The van der Waals surface area contributed by atoms with Gasteiger partial charge in [0, 0.05) is 19.1 Å². The SMILES string of the molecule is CCC(O)(CC)CN1CCC(C)CC1CN. The van der Waals surface area contributed by atoms with Crippen LogP contribution in [0.25, 0.3) is 0 Å². The molecule has 3 nitrogen and oxygen atoms in total. The molecule has 1 rings (SSSR count). The first kappa shape index (κ1) is 13.9. The monoisotopic (exact) mass is 228 g/mol. The van der Waals surface area contributed by atoms with Crippen molar-refractivity contribution in [3.8, 4) is 0 Å². The van der Waals surface area contributed by atoms with E-state index in [4.69, 9.17) is 5.73 Å². The smallest absolute Gasteiger partial charge is 0.0769 e. The largest absolute Gasteiger partial charge is 0.389 e. The lowest BCUT2D eigenvalue weighted by molar-refractivity contribution is -0.0262. The van der Waals surface area contributed by atoms with Crippen LogP contribution in [0.5, 0.6) is 0 Å². The van der Waals surface area contributed by atoms with E-state index in [1.807, 2.05) is 0 Å². The zero-order valence-corrected chi connectivity index (χ0v) is 11.1. The van der Waals surface area contributed by atoms with Gasteiger partial charge in [0.25, 0.3) is 0 Å². The van der Waals surface area contributed by atoms with Gasteiger partial charge in [0.15, 0.2) is 0 Å². The van der Waals surface area contributed by atoms with Crippen LogP contribution in [0.3, 0.4) is 0 Å². The molecule has 1 aliphatic rings. The van der Waals surface area contributed by atoms with Crippen LogP contribution < -0.4 is 5.73 Å². The summed E-state index contributed by atoms with van der Waals surface area (Å²) in [5.41, 5.74) is 5.31. The summed E-state index contributed by atoms with van der Waals surface area (Å²) in [5.74, 6) is 0.779. The molecule has 0 bridgehead atoms. The van der Waals surface area contributed by atoms with E-state index in [1.54, 1.807) is 0 Å². The van der Waals surface area contributed by atoms with E-state index in [-0.39, 0.29) is 0 Å². The molecule has 1 fully saturated rings. The van der Waals surface area contributed by atoms with E-state index in [0.29, 0.717) is 12.6 Å². The van der Waals surface area contributed by atoms with Crippen LogP contribution >= 0.6 is 0 Å². The molecule has 1 saturated heterocycles. The van der Waals surface area contributed by atoms with Crippen molar-refractivity contribution in [1.82, 2.24) is 4.90 Å². The number of likely N-dealkylation sites (tertiary alicyclic amines) is 1. The lowest BCUT2D eigenvalue weighted by Crippen LogP contribution is -2.52. The number of nitrogens with two attached hydrogens (primary N) is 1. The third kappa shape index (κ3) is 3.44. The van der Waals surface area contributed by atoms with Crippen LogP contribution in [-0.4, -0.2) is 41.3 Å². The van der Waals surface area contributed by atoms with Crippen molar-refractivity contribution in [2.24, 2.45) is 11.7 Å². The predicted octanol–water partition coefficient (Wildman–Crippen LogP) is 1.60. The molecule has 0 aromatic heterocycles. The Hall–Kier alpha value is -0.120. The van der Waals surface area contributed by atoms with E-state index in [2.05, 4.69) is 25.7 Å². The Morgan fingerprint density at radius 1 is 1.38 bits per heavy atom. The number of hydrogen-bond acceptors (Lipinski definition) is 3. The van der Waals surface area contributed by atoms with Gasteiger partial charge in [0.2, 0.25) is 0 Å². The maximum absolute atomic E-state index is 10.4. The minimum Gasteiger partial charge on any atom is -0.389 e. The number of nitrogens with zero attached hydrogens (tertiary/aromatic N) is 1. The highest BCUT2D eigenvalue weighted by atomic mass is 16.3. The molecule has 1 aliphatic heterocycles. The third-order valence-electron chi connectivity index (χ3n) is 4.19. The number of β-amino-alcohol motifs (C(OH)–C–C–N with tert-alkyl or cyclic N) is 1. The fourth-order valence-corrected chi connectivity index (χ4v) is 2.61. The summed E-state index contributed by atoms with van der Waals surface area (Å²) in [5, 5.41) is 10.4. The maximum atomic E-state index is 10.4. The average Bonchev–Trinajstić information content (AvgIpc) is 2.31. The highest BCUT2D eigenvalue weighted by Crippen LogP contribution is 2.25. The van der Waals surface area contributed by atoms with E-state index in [0.717, 1.165) is 31.8 Å². The Morgan fingerprint density at radius 2 is 2.00 bits per heavy atom. The molecule has 2 atom stereocenters. The molecule has 1 heterocycles. The maximum Gasteiger partial charge on any atom is 0.0769 e. The summed E-state index contributed by atoms with van der Waals surface area (Å²) in [7, 11) is 0. The van der Waals surface area contributed by atoms with Gasteiger partial charge in [-0.05, 0) is 38.1 Å². The van der Waals surface area contributed by atoms with Crippen molar-refractivity contribution in [1.29, 1.82) is 0 Å². The first-order chi connectivity index (χ1) is 7.54. The van der Waals surface area contributed by atoms with Crippen molar-refractivity contribution in [2.75, 3.05) is 19.6 Å². The number of aliphatic hydroxyl groups is 1.